The van der Waals surface area contributed by atoms with Gasteiger partial charge in [-0.25, -0.2) is 13.6 Å². The van der Waals surface area contributed by atoms with Crippen LogP contribution in [0.5, 0.6) is 0 Å². The average molecular weight is 227 g/mol. The maximum atomic E-state index is 13.1. The van der Waals surface area contributed by atoms with Gasteiger partial charge in [0.15, 0.2) is 0 Å². The van der Waals surface area contributed by atoms with E-state index in [9.17, 15) is 18.4 Å². The Labute approximate surface area is 89.0 Å². The molecule has 0 saturated carbocycles. The van der Waals surface area contributed by atoms with Gasteiger partial charge >= 0.3 is 5.97 Å². The van der Waals surface area contributed by atoms with Gasteiger partial charge in [-0.3, -0.25) is 4.79 Å². The standard InChI is InChI=1S/C10H7F2NO3/c11-6-3-5(1-2-8(13)14)4-7(12)9(6)10(15)16/h1-4H,(H2,13,14)(H,15,16). The lowest BCUT2D eigenvalue weighted by molar-refractivity contribution is -0.113. The Hall–Kier alpha value is -2.24. The van der Waals surface area contributed by atoms with E-state index in [0.29, 0.717) is 0 Å². The van der Waals surface area contributed by atoms with Crippen LogP contribution < -0.4 is 5.73 Å². The molecule has 0 aromatic heterocycles. The molecular formula is C10H7F2NO3. The van der Waals surface area contributed by atoms with Crippen LogP contribution in [0.3, 0.4) is 0 Å². The normalized spacial score (nSPS) is 10.6. The second kappa shape index (κ2) is 4.52. The summed E-state index contributed by atoms with van der Waals surface area (Å²) in [7, 11) is 0. The largest absolute Gasteiger partial charge is 0.477 e. The zero-order valence-electron chi connectivity index (χ0n) is 7.91. The second-order valence-electron chi connectivity index (χ2n) is 2.90. The van der Waals surface area contributed by atoms with Crippen molar-refractivity contribution < 1.29 is 23.5 Å². The van der Waals surface area contributed by atoms with E-state index in [1.54, 1.807) is 0 Å². The number of carbonyl (C=O) groups is 2. The Morgan fingerprint density at radius 2 is 1.75 bits per heavy atom. The first-order chi connectivity index (χ1) is 7.41. The third kappa shape index (κ3) is 2.63. The van der Waals surface area contributed by atoms with Gasteiger partial charge in [0.05, 0.1) is 0 Å². The minimum absolute atomic E-state index is 0.0128. The third-order valence-corrected chi connectivity index (χ3v) is 1.72. The number of primary amides is 1. The molecule has 4 nitrogen and oxygen atoms in total. The molecule has 1 aromatic carbocycles. The molecule has 0 aliphatic rings. The van der Waals surface area contributed by atoms with Crippen molar-refractivity contribution in [3.63, 3.8) is 0 Å². The number of aromatic carboxylic acids is 1. The van der Waals surface area contributed by atoms with Crippen LogP contribution in [0.2, 0.25) is 0 Å². The van der Waals surface area contributed by atoms with Gasteiger partial charge in [0.25, 0.3) is 0 Å². The summed E-state index contributed by atoms with van der Waals surface area (Å²) in [5.74, 6) is -4.89. The van der Waals surface area contributed by atoms with E-state index in [1.807, 2.05) is 0 Å². The zero-order valence-corrected chi connectivity index (χ0v) is 7.91. The third-order valence-electron chi connectivity index (χ3n) is 1.72. The number of halogens is 2. The first-order valence-electron chi connectivity index (χ1n) is 4.11. The molecule has 1 amide bonds. The first kappa shape index (κ1) is 11.8. The van der Waals surface area contributed by atoms with Gasteiger partial charge in [0, 0.05) is 6.08 Å². The van der Waals surface area contributed by atoms with Gasteiger partial charge in [0.1, 0.15) is 17.2 Å². The lowest BCUT2D eigenvalue weighted by Crippen LogP contribution is -2.06. The smallest absolute Gasteiger partial charge is 0.341 e. The molecule has 1 rings (SSSR count). The molecule has 0 heterocycles. The van der Waals surface area contributed by atoms with Crippen LogP contribution in [-0.2, 0) is 4.79 Å². The lowest BCUT2D eigenvalue weighted by atomic mass is 10.1. The van der Waals surface area contributed by atoms with Crippen molar-refractivity contribution >= 4 is 18.0 Å². The average Bonchev–Trinajstić information content (AvgIpc) is 2.12. The van der Waals surface area contributed by atoms with Crippen molar-refractivity contribution in [2.45, 2.75) is 0 Å². The highest BCUT2D eigenvalue weighted by atomic mass is 19.1. The summed E-state index contributed by atoms with van der Waals surface area (Å²) in [5.41, 5.74) is 3.77. The van der Waals surface area contributed by atoms with Crippen LogP contribution in [0.15, 0.2) is 18.2 Å². The van der Waals surface area contributed by atoms with Gasteiger partial charge < -0.3 is 10.8 Å². The fourth-order valence-corrected chi connectivity index (χ4v) is 1.07. The van der Waals surface area contributed by atoms with Gasteiger partial charge in [-0.2, -0.15) is 0 Å². The SMILES string of the molecule is NC(=O)C=Cc1cc(F)c(C(=O)O)c(F)c1. The predicted octanol–water partition coefficient (Wildman–Crippen LogP) is 1.16. The fraction of sp³-hybridized carbons (Fsp3) is 0. The molecule has 1 aromatic rings. The molecule has 0 spiro atoms. The van der Waals surface area contributed by atoms with Crippen molar-refractivity contribution in [1.29, 1.82) is 0 Å². The Morgan fingerprint density at radius 3 is 2.12 bits per heavy atom. The van der Waals surface area contributed by atoms with Crippen LogP contribution >= 0.6 is 0 Å². The number of carboxylic acid groups (broad SMARTS) is 1. The topological polar surface area (TPSA) is 80.4 Å². The highest BCUT2D eigenvalue weighted by Gasteiger charge is 2.16. The van der Waals surface area contributed by atoms with Crippen molar-refractivity contribution in [3.05, 3.63) is 41.0 Å². The molecule has 16 heavy (non-hydrogen) atoms. The first-order valence-corrected chi connectivity index (χ1v) is 4.11. The van der Waals surface area contributed by atoms with E-state index in [1.165, 1.54) is 0 Å². The number of carboxylic acids is 1. The number of nitrogens with two attached hydrogens (primary N) is 1. The summed E-state index contributed by atoms with van der Waals surface area (Å²) < 4.78 is 26.2. The summed E-state index contributed by atoms with van der Waals surface area (Å²) in [6.45, 7) is 0. The van der Waals surface area contributed by atoms with Crippen LogP contribution in [0.1, 0.15) is 15.9 Å². The Balaban J connectivity index is 3.20. The lowest BCUT2D eigenvalue weighted by Gasteiger charge is -2.01. The van der Waals surface area contributed by atoms with Gasteiger partial charge in [-0.05, 0) is 23.8 Å². The number of benzene rings is 1. The number of carbonyl (C=O) groups excluding carboxylic acids is 1. The number of amides is 1. The summed E-state index contributed by atoms with van der Waals surface area (Å²) in [4.78, 5) is 20.8. The number of hydrogen-bond acceptors (Lipinski definition) is 2. The van der Waals surface area contributed by atoms with E-state index >= 15 is 0 Å². The molecule has 6 heteroatoms. The van der Waals surface area contributed by atoms with Crippen molar-refractivity contribution in [1.82, 2.24) is 0 Å². The second-order valence-corrected chi connectivity index (χ2v) is 2.90. The quantitative estimate of drug-likeness (QED) is 0.760. The molecule has 0 bridgehead atoms. The summed E-state index contributed by atoms with van der Waals surface area (Å²) >= 11 is 0. The Morgan fingerprint density at radius 1 is 1.25 bits per heavy atom. The molecule has 3 N–H and O–H groups in total. The Kier molecular flexibility index (Phi) is 3.34. The van der Waals surface area contributed by atoms with Gasteiger partial charge in [0.2, 0.25) is 5.91 Å². The molecule has 0 fully saturated rings. The molecule has 0 aliphatic heterocycles. The minimum Gasteiger partial charge on any atom is -0.477 e. The highest BCUT2D eigenvalue weighted by Crippen LogP contribution is 2.16. The maximum absolute atomic E-state index is 13.1. The molecule has 0 saturated heterocycles. The molecule has 0 aliphatic carbocycles. The van der Waals surface area contributed by atoms with Crippen molar-refractivity contribution in [2.24, 2.45) is 5.73 Å². The zero-order chi connectivity index (χ0) is 12.3. The van der Waals surface area contributed by atoms with E-state index in [4.69, 9.17) is 10.8 Å². The molecule has 0 radical (unpaired) electrons. The summed E-state index contributed by atoms with van der Waals surface area (Å²) in [6, 6.07) is 1.60. The predicted molar refractivity (Wildman–Crippen MR) is 51.5 cm³/mol. The summed E-state index contributed by atoms with van der Waals surface area (Å²) in [5, 5.41) is 8.48. The van der Waals surface area contributed by atoms with E-state index < -0.39 is 29.1 Å². The van der Waals surface area contributed by atoms with Gasteiger partial charge in [-0.1, -0.05) is 0 Å². The van der Waals surface area contributed by atoms with Crippen LogP contribution in [0.4, 0.5) is 8.78 Å². The Bertz CT molecular complexity index is 460. The highest BCUT2D eigenvalue weighted by molar-refractivity contribution is 5.91. The maximum Gasteiger partial charge on any atom is 0.341 e. The van der Waals surface area contributed by atoms with Crippen molar-refractivity contribution in [2.75, 3.05) is 0 Å². The van der Waals surface area contributed by atoms with E-state index in [-0.39, 0.29) is 5.56 Å². The van der Waals surface area contributed by atoms with Crippen LogP contribution in [0, 0.1) is 11.6 Å². The fourth-order valence-electron chi connectivity index (χ4n) is 1.07. The molecule has 0 atom stereocenters. The summed E-state index contributed by atoms with van der Waals surface area (Å²) in [6.07, 6.45) is 1.99. The van der Waals surface area contributed by atoms with Crippen molar-refractivity contribution in [3.8, 4) is 0 Å². The molecule has 84 valence electrons. The minimum atomic E-state index is -1.69. The van der Waals surface area contributed by atoms with Crippen LogP contribution in [0.25, 0.3) is 6.08 Å². The van der Waals surface area contributed by atoms with E-state index in [0.717, 1.165) is 24.3 Å². The number of hydrogen-bond donors (Lipinski definition) is 2. The molecular weight excluding hydrogens is 220 g/mol. The van der Waals surface area contributed by atoms with E-state index in [2.05, 4.69) is 0 Å². The van der Waals surface area contributed by atoms with Crippen LogP contribution in [-0.4, -0.2) is 17.0 Å². The van der Waals surface area contributed by atoms with Gasteiger partial charge in [-0.15, -0.1) is 0 Å². The monoisotopic (exact) mass is 227 g/mol. The number of rotatable bonds is 3. The molecule has 0 unspecified atom stereocenters.